The summed E-state index contributed by atoms with van der Waals surface area (Å²) in [6, 6.07) is 0. The van der Waals surface area contributed by atoms with E-state index in [0.29, 0.717) is 0 Å². The fourth-order valence-electron chi connectivity index (χ4n) is 1.25. The molecule has 0 saturated heterocycles. The van der Waals surface area contributed by atoms with Crippen LogP contribution in [0.3, 0.4) is 0 Å². The van der Waals surface area contributed by atoms with Gasteiger partial charge in [-0.05, 0) is 12.8 Å². The van der Waals surface area contributed by atoms with Crippen LogP contribution in [0.2, 0.25) is 0 Å². The maximum Gasteiger partial charge on any atom is 0.365 e. The third-order valence-corrected chi connectivity index (χ3v) is 2.90. The molecule has 1 N–H and O–H groups in total. The predicted molar refractivity (Wildman–Crippen MR) is 56.9 cm³/mol. The Morgan fingerprint density at radius 2 is 2.29 bits per heavy atom. The Bertz CT molecular complexity index is 296. The largest absolute Gasteiger partial charge is 0.476 e. The van der Waals surface area contributed by atoms with Crippen molar-refractivity contribution in [3.8, 4) is 0 Å². The first-order valence-corrected chi connectivity index (χ1v) is 5.79. The van der Waals surface area contributed by atoms with E-state index in [1.807, 2.05) is 5.38 Å². The smallest absolute Gasteiger partial charge is 0.365 e. The number of unbranched alkanes of at least 4 members (excludes halogenated alkanes) is 3. The zero-order chi connectivity index (χ0) is 10.4. The summed E-state index contributed by atoms with van der Waals surface area (Å²) in [5.41, 5.74) is 0.920. The Kier molecular flexibility index (Phi) is 4.59. The number of carboxylic acids is 1. The fraction of sp³-hybridized carbons (Fsp3) is 0.600. The average molecular weight is 213 g/mol. The number of rotatable bonds is 6. The van der Waals surface area contributed by atoms with Gasteiger partial charge in [-0.15, -0.1) is 11.3 Å². The van der Waals surface area contributed by atoms with Crippen LogP contribution in [0.5, 0.6) is 0 Å². The molecule has 1 aromatic rings. The van der Waals surface area contributed by atoms with Crippen molar-refractivity contribution in [2.75, 3.05) is 0 Å². The lowest BCUT2D eigenvalue weighted by Crippen LogP contribution is -1.95. The molecule has 78 valence electrons. The predicted octanol–water partition coefficient (Wildman–Crippen LogP) is 2.96. The first kappa shape index (κ1) is 11.2. The van der Waals surface area contributed by atoms with Crippen molar-refractivity contribution in [1.82, 2.24) is 4.98 Å². The molecule has 1 heterocycles. The first-order valence-electron chi connectivity index (χ1n) is 4.91. The zero-order valence-corrected chi connectivity index (χ0v) is 9.14. The van der Waals surface area contributed by atoms with Crippen LogP contribution in [-0.4, -0.2) is 16.1 Å². The second kappa shape index (κ2) is 5.75. The molecule has 4 heteroatoms. The molecule has 1 rings (SSSR count). The first-order chi connectivity index (χ1) is 6.74. The van der Waals surface area contributed by atoms with Gasteiger partial charge in [-0.1, -0.05) is 26.2 Å². The quantitative estimate of drug-likeness (QED) is 0.739. The van der Waals surface area contributed by atoms with E-state index in [0.717, 1.165) is 18.5 Å². The Morgan fingerprint density at radius 1 is 1.50 bits per heavy atom. The molecule has 0 aliphatic carbocycles. The lowest BCUT2D eigenvalue weighted by atomic mass is 10.1. The molecule has 0 bridgehead atoms. The Labute approximate surface area is 87.8 Å². The second-order valence-corrected chi connectivity index (χ2v) is 4.12. The maximum absolute atomic E-state index is 10.5. The van der Waals surface area contributed by atoms with Crippen molar-refractivity contribution in [3.05, 3.63) is 16.1 Å². The van der Waals surface area contributed by atoms with Crippen LogP contribution in [0.15, 0.2) is 5.38 Å². The highest BCUT2D eigenvalue weighted by molar-refractivity contribution is 7.11. The molecule has 0 atom stereocenters. The van der Waals surface area contributed by atoms with Crippen molar-refractivity contribution in [2.24, 2.45) is 0 Å². The van der Waals surface area contributed by atoms with E-state index < -0.39 is 5.97 Å². The van der Waals surface area contributed by atoms with Crippen molar-refractivity contribution in [1.29, 1.82) is 0 Å². The third-order valence-electron chi connectivity index (χ3n) is 2.02. The average Bonchev–Trinajstić information content (AvgIpc) is 2.61. The minimum Gasteiger partial charge on any atom is -0.476 e. The summed E-state index contributed by atoms with van der Waals surface area (Å²) in [6.45, 7) is 2.17. The van der Waals surface area contributed by atoms with Crippen molar-refractivity contribution < 1.29 is 9.90 Å². The summed E-state index contributed by atoms with van der Waals surface area (Å²) in [5, 5.41) is 10.7. The molecular weight excluding hydrogens is 198 g/mol. The number of aryl methyl sites for hydroxylation is 1. The Balaban J connectivity index is 2.33. The topological polar surface area (TPSA) is 50.2 Å². The third kappa shape index (κ3) is 3.46. The molecule has 1 aromatic heterocycles. The number of thiazole rings is 1. The highest BCUT2D eigenvalue weighted by atomic mass is 32.1. The summed E-state index contributed by atoms with van der Waals surface area (Å²) in [6.07, 6.45) is 5.68. The number of carboxylic acid groups (broad SMARTS) is 1. The fourth-order valence-corrected chi connectivity index (χ4v) is 1.94. The van der Waals surface area contributed by atoms with Crippen LogP contribution < -0.4 is 0 Å². The monoisotopic (exact) mass is 213 g/mol. The Hall–Kier alpha value is -0.900. The van der Waals surface area contributed by atoms with Gasteiger partial charge in [-0.25, -0.2) is 9.78 Å². The van der Waals surface area contributed by atoms with Gasteiger partial charge in [0.2, 0.25) is 5.01 Å². The highest BCUT2D eigenvalue weighted by Crippen LogP contribution is 2.12. The molecule has 14 heavy (non-hydrogen) atoms. The molecule has 0 saturated carbocycles. The summed E-state index contributed by atoms with van der Waals surface area (Å²) in [7, 11) is 0. The molecule has 0 amide bonds. The van der Waals surface area contributed by atoms with E-state index in [-0.39, 0.29) is 5.01 Å². The summed E-state index contributed by atoms with van der Waals surface area (Å²) < 4.78 is 0. The summed E-state index contributed by atoms with van der Waals surface area (Å²) in [4.78, 5) is 14.6. The zero-order valence-electron chi connectivity index (χ0n) is 8.32. The molecule has 0 fully saturated rings. The van der Waals surface area contributed by atoms with Gasteiger partial charge in [0.15, 0.2) is 0 Å². The van der Waals surface area contributed by atoms with Crippen LogP contribution in [-0.2, 0) is 6.42 Å². The van der Waals surface area contributed by atoms with Gasteiger partial charge in [-0.2, -0.15) is 0 Å². The minimum atomic E-state index is -0.921. The van der Waals surface area contributed by atoms with Gasteiger partial charge in [-0.3, -0.25) is 0 Å². The lowest BCUT2D eigenvalue weighted by Gasteiger charge is -1.95. The van der Waals surface area contributed by atoms with E-state index in [1.165, 1.54) is 30.6 Å². The molecule has 0 unspecified atom stereocenters. The number of nitrogens with zero attached hydrogens (tertiary/aromatic N) is 1. The number of carbonyl (C=O) groups is 1. The maximum atomic E-state index is 10.5. The minimum absolute atomic E-state index is 0.204. The van der Waals surface area contributed by atoms with Crippen LogP contribution in [0, 0.1) is 0 Å². The second-order valence-electron chi connectivity index (χ2n) is 3.26. The number of hydrogen-bond donors (Lipinski definition) is 1. The van der Waals surface area contributed by atoms with E-state index in [9.17, 15) is 4.79 Å². The van der Waals surface area contributed by atoms with Crippen molar-refractivity contribution in [3.63, 3.8) is 0 Å². The van der Waals surface area contributed by atoms with Crippen LogP contribution in [0.1, 0.15) is 48.1 Å². The van der Waals surface area contributed by atoms with E-state index >= 15 is 0 Å². The number of aromatic nitrogens is 1. The van der Waals surface area contributed by atoms with Gasteiger partial charge < -0.3 is 5.11 Å². The van der Waals surface area contributed by atoms with Crippen molar-refractivity contribution >= 4 is 17.3 Å². The van der Waals surface area contributed by atoms with Crippen molar-refractivity contribution in [2.45, 2.75) is 39.0 Å². The summed E-state index contributed by atoms with van der Waals surface area (Å²) >= 11 is 1.21. The number of hydrogen-bond acceptors (Lipinski definition) is 3. The highest BCUT2D eigenvalue weighted by Gasteiger charge is 2.07. The molecule has 0 spiro atoms. The molecule has 0 radical (unpaired) electrons. The van der Waals surface area contributed by atoms with Gasteiger partial charge in [0.05, 0.1) is 5.69 Å². The van der Waals surface area contributed by atoms with Gasteiger partial charge in [0.1, 0.15) is 0 Å². The van der Waals surface area contributed by atoms with Gasteiger partial charge >= 0.3 is 5.97 Å². The van der Waals surface area contributed by atoms with Gasteiger partial charge in [0.25, 0.3) is 0 Å². The van der Waals surface area contributed by atoms with Gasteiger partial charge in [0, 0.05) is 5.38 Å². The lowest BCUT2D eigenvalue weighted by molar-refractivity contribution is 0.0696. The van der Waals surface area contributed by atoms with E-state index in [2.05, 4.69) is 11.9 Å². The molecule has 0 aliphatic heterocycles. The Morgan fingerprint density at radius 3 is 2.86 bits per heavy atom. The van der Waals surface area contributed by atoms with Crippen LogP contribution in [0.25, 0.3) is 0 Å². The van der Waals surface area contributed by atoms with E-state index in [1.54, 1.807) is 0 Å². The van der Waals surface area contributed by atoms with Crippen LogP contribution in [0.4, 0.5) is 0 Å². The standard InChI is InChI=1S/C10H15NO2S/c1-2-3-4-5-6-8-7-14-9(11-8)10(12)13/h7H,2-6H2,1H3,(H,12,13). The molecular formula is C10H15NO2S. The van der Waals surface area contributed by atoms with Crippen LogP contribution >= 0.6 is 11.3 Å². The normalized spacial score (nSPS) is 10.4. The summed E-state index contributed by atoms with van der Waals surface area (Å²) in [5.74, 6) is -0.921. The molecule has 0 aliphatic rings. The van der Waals surface area contributed by atoms with E-state index in [4.69, 9.17) is 5.11 Å². The SMILES string of the molecule is CCCCCCc1csc(C(=O)O)n1. The molecule has 3 nitrogen and oxygen atoms in total. The number of aromatic carboxylic acids is 1. The molecule has 0 aromatic carbocycles.